The van der Waals surface area contributed by atoms with Crippen LogP contribution in [-0.4, -0.2) is 35.2 Å². The molecule has 0 aliphatic carbocycles. The number of esters is 1. The summed E-state index contributed by atoms with van der Waals surface area (Å²) in [6, 6.07) is 4.49. The number of halogens is 1. The highest BCUT2D eigenvalue weighted by Crippen LogP contribution is 2.25. The first kappa shape index (κ1) is 18.7. The summed E-state index contributed by atoms with van der Waals surface area (Å²) in [5.41, 5.74) is 0.521. The molecule has 8 heteroatoms. The Morgan fingerprint density at radius 1 is 1.28 bits per heavy atom. The van der Waals surface area contributed by atoms with Gasteiger partial charge in [-0.1, -0.05) is 11.6 Å². The average molecular weight is 365 g/mol. The third-order valence-electron chi connectivity index (χ3n) is 3.74. The number of hydrogen-bond acceptors (Lipinski definition) is 6. The number of methoxy groups -OCH3 is 1. The number of carbonyl (C=O) groups is 2. The van der Waals surface area contributed by atoms with Crippen molar-refractivity contribution in [2.45, 2.75) is 13.8 Å². The average Bonchev–Trinajstić information content (AvgIpc) is 2.58. The van der Waals surface area contributed by atoms with Gasteiger partial charge in [-0.3, -0.25) is 9.59 Å². The molecule has 0 fully saturated rings. The van der Waals surface area contributed by atoms with E-state index in [0.29, 0.717) is 17.0 Å². The highest BCUT2D eigenvalue weighted by Gasteiger charge is 2.20. The number of aryl methyl sites for hydroxylation is 2. The zero-order valence-electron chi connectivity index (χ0n) is 14.3. The minimum absolute atomic E-state index is 0.129. The van der Waals surface area contributed by atoms with Gasteiger partial charge in [0.25, 0.3) is 5.56 Å². The van der Waals surface area contributed by atoms with Gasteiger partial charge in [-0.25, -0.2) is 9.48 Å². The quantitative estimate of drug-likeness (QED) is 0.596. The predicted octanol–water partition coefficient (Wildman–Crippen LogP) is 2.10. The van der Waals surface area contributed by atoms with Crippen molar-refractivity contribution >= 4 is 23.4 Å². The lowest BCUT2D eigenvalue weighted by atomic mass is 10.1. The Balaban J connectivity index is 2.17. The molecule has 0 aliphatic heterocycles. The van der Waals surface area contributed by atoms with Gasteiger partial charge in [-0.15, -0.1) is 0 Å². The second-order valence-electron chi connectivity index (χ2n) is 5.36. The van der Waals surface area contributed by atoms with Crippen LogP contribution < -0.4 is 10.3 Å². The van der Waals surface area contributed by atoms with Crippen LogP contribution in [-0.2, 0) is 11.8 Å². The molecule has 0 aliphatic rings. The number of Topliss-reactive ketones (excluding diaryl/α,β-unsaturated/α-hetero) is 1. The number of nitrogens with zero attached hydrogens (tertiary/aromatic N) is 2. The normalized spacial score (nSPS) is 10.4. The second-order valence-corrected chi connectivity index (χ2v) is 5.77. The van der Waals surface area contributed by atoms with Crippen LogP contribution in [0, 0.1) is 13.8 Å². The standard InChI is InChI=1S/C17H17ClN2O5/c1-9-10(2)19-20(3)16(22)15(9)17(23)25-8-13(21)11-5-6-14(24-4)12(18)7-11/h5-7H,8H2,1-4H3. The first-order chi connectivity index (χ1) is 11.8. The zero-order chi connectivity index (χ0) is 18.7. The number of ether oxygens (including phenoxy) is 2. The molecule has 0 N–H and O–H groups in total. The maximum absolute atomic E-state index is 12.2. The van der Waals surface area contributed by atoms with E-state index >= 15 is 0 Å². The van der Waals surface area contributed by atoms with Crippen LogP contribution in [0.4, 0.5) is 0 Å². The van der Waals surface area contributed by atoms with Gasteiger partial charge in [0.15, 0.2) is 12.4 Å². The van der Waals surface area contributed by atoms with Crippen molar-refractivity contribution in [2.75, 3.05) is 13.7 Å². The van der Waals surface area contributed by atoms with E-state index in [9.17, 15) is 14.4 Å². The fraction of sp³-hybridized carbons (Fsp3) is 0.294. The third kappa shape index (κ3) is 3.88. The number of aromatic nitrogens is 2. The molecule has 1 aromatic heterocycles. The van der Waals surface area contributed by atoms with Crippen molar-refractivity contribution < 1.29 is 19.1 Å². The van der Waals surface area contributed by atoms with E-state index in [-0.39, 0.29) is 16.1 Å². The minimum atomic E-state index is -0.864. The Morgan fingerprint density at radius 3 is 2.56 bits per heavy atom. The molecule has 2 rings (SSSR count). The van der Waals surface area contributed by atoms with Gasteiger partial charge in [0.2, 0.25) is 0 Å². The van der Waals surface area contributed by atoms with Crippen LogP contribution in [0.3, 0.4) is 0 Å². The van der Waals surface area contributed by atoms with E-state index in [4.69, 9.17) is 21.1 Å². The number of ketones is 1. The van der Waals surface area contributed by atoms with Crippen molar-refractivity contribution in [3.05, 3.63) is 56.0 Å². The Hall–Kier alpha value is -2.67. The first-order valence-corrected chi connectivity index (χ1v) is 7.72. The van der Waals surface area contributed by atoms with Crippen LogP contribution in [0.15, 0.2) is 23.0 Å². The zero-order valence-corrected chi connectivity index (χ0v) is 15.0. The highest BCUT2D eigenvalue weighted by atomic mass is 35.5. The molecule has 0 atom stereocenters. The molecule has 132 valence electrons. The van der Waals surface area contributed by atoms with E-state index in [1.165, 1.54) is 26.3 Å². The maximum Gasteiger partial charge on any atom is 0.344 e. The molecule has 0 spiro atoms. The molecule has 25 heavy (non-hydrogen) atoms. The van der Waals surface area contributed by atoms with Crippen LogP contribution in [0.5, 0.6) is 5.75 Å². The minimum Gasteiger partial charge on any atom is -0.495 e. The summed E-state index contributed by atoms with van der Waals surface area (Å²) < 4.78 is 11.1. The molecule has 7 nitrogen and oxygen atoms in total. The molecule has 0 unspecified atom stereocenters. The Labute approximate surface area is 149 Å². The Kier molecular flexibility index (Phi) is 5.58. The van der Waals surface area contributed by atoms with Crippen molar-refractivity contribution in [3.8, 4) is 5.75 Å². The highest BCUT2D eigenvalue weighted by molar-refractivity contribution is 6.32. The molecule has 0 saturated carbocycles. The van der Waals surface area contributed by atoms with Gasteiger partial charge in [0.05, 0.1) is 17.8 Å². The lowest BCUT2D eigenvalue weighted by molar-refractivity contribution is 0.0471. The topological polar surface area (TPSA) is 87.5 Å². The van der Waals surface area contributed by atoms with Gasteiger partial charge in [-0.05, 0) is 37.6 Å². The fourth-order valence-corrected chi connectivity index (χ4v) is 2.47. The van der Waals surface area contributed by atoms with Crippen molar-refractivity contribution in [1.82, 2.24) is 9.78 Å². The Morgan fingerprint density at radius 2 is 1.96 bits per heavy atom. The van der Waals surface area contributed by atoms with Crippen LogP contribution in [0.1, 0.15) is 32.0 Å². The van der Waals surface area contributed by atoms with E-state index in [1.807, 2.05) is 0 Å². The number of carbonyl (C=O) groups excluding carboxylic acids is 2. The lowest BCUT2D eigenvalue weighted by Crippen LogP contribution is -2.30. The molecule has 0 radical (unpaired) electrons. The van der Waals surface area contributed by atoms with Gasteiger partial charge < -0.3 is 9.47 Å². The van der Waals surface area contributed by atoms with Crippen LogP contribution >= 0.6 is 11.6 Å². The fourth-order valence-electron chi connectivity index (χ4n) is 2.22. The van der Waals surface area contributed by atoms with Gasteiger partial charge in [0.1, 0.15) is 11.3 Å². The smallest absolute Gasteiger partial charge is 0.344 e. The largest absolute Gasteiger partial charge is 0.495 e. The van der Waals surface area contributed by atoms with Crippen LogP contribution in [0.25, 0.3) is 0 Å². The van der Waals surface area contributed by atoms with Crippen molar-refractivity contribution in [3.63, 3.8) is 0 Å². The van der Waals surface area contributed by atoms with Crippen LogP contribution in [0.2, 0.25) is 5.02 Å². The molecular weight excluding hydrogens is 348 g/mol. The first-order valence-electron chi connectivity index (χ1n) is 7.34. The predicted molar refractivity (Wildman–Crippen MR) is 91.6 cm³/mol. The number of rotatable bonds is 5. The van der Waals surface area contributed by atoms with Gasteiger partial charge in [-0.2, -0.15) is 5.10 Å². The Bertz CT molecular complexity index is 905. The molecule has 0 amide bonds. The molecule has 2 aromatic rings. The lowest BCUT2D eigenvalue weighted by Gasteiger charge is -2.10. The van der Waals surface area contributed by atoms with Gasteiger partial charge >= 0.3 is 5.97 Å². The summed E-state index contributed by atoms with van der Waals surface area (Å²) in [7, 11) is 2.90. The third-order valence-corrected chi connectivity index (χ3v) is 4.03. The van der Waals surface area contributed by atoms with Crippen molar-refractivity contribution in [2.24, 2.45) is 7.05 Å². The van der Waals surface area contributed by atoms with Gasteiger partial charge in [0, 0.05) is 12.6 Å². The molecular formula is C17H17ClN2O5. The summed E-state index contributed by atoms with van der Waals surface area (Å²) in [5.74, 6) is -0.878. The van der Waals surface area contributed by atoms with E-state index in [0.717, 1.165) is 4.68 Å². The summed E-state index contributed by atoms with van der Waals surface area (Å²) >= 11 is 5.97. The summed E-state index contributed by atoms with van der Waals surface area (Å²) in [6.07, 6.45) is 0. The number of benzene rings is 1. The van der Waals surface area contributed by atoms with E-state index < -0.39 is 23.9 Å². The molecule has 0 saturated heterocycles. The SMILES string of the molecule is COc1ccc(C(=O)COC(=O)c2c(C)c(C)nn(C)c2=O)cc1Cl. The second kappa shape index (κ2) is 7.48. The molecule has 1 heterocycles. The summed E-state index contributed by atoms with van der Waals surface area (Å²) in [5, 5.41) is 4.26. The summed E-state index contributed by atoms with van der Waals surface area (Å²) in [4.78, 5) is 36.5. The maximum atomic E-state index is 12.2. The summed E-state index contributed by atoms with van der Waals surface area (Å²) in [6.45, 7) is 2.77. The monoisotopic (exact) mass is 364 g/mol. The van der Waals surface area contributed by atoms with E-state index in [2.05, 4.69) is 5.10 Å². The number of hydrogen-bond donors (Lipinski definition) is 0. The van der Waals surface area contributed by atoms with Crippen molar-refractivity contribution in [1.29, 1.82) is 0 Å². The molecule has 0 bridgehead atoms. The molecule has 1 aromatic carbocycles. The van der Waals surface area contributed by atoms with E-state index in [1.54, 1.807) is 19.9 Å².